The van der Waals surface area contributed by atoms with E-state index in [0.29, 0.717) is 18.7 Å². The average Bonchev–Trinajstić information content (AvgIpc) is 3.00. The summed E-state index contributed by atoms with van der Waals surface area (Å²) in [4.78, 5) is 19.2. The van der Waals surface area contributed by atoms with Crippen molar-refractivity contribution in [2.75, 3.05) is 13.1 Å². The molecule has 0 spiro atoms. The van der Waals surface area contributed by atoms with Gasteiger partial charge in [-0.2, -0.15) is 0 Å². The smallest absolute Gasteiger partial charge is 0.253 e. The Morgan fingerprint density at radius 1 is 1.17 bits per heavy atom. The number of nitrogens with one attached hydrogen (secondary N) is 1. The van der Waals surface area contributed by atoms with Crippen LogP contribution in [0.15, 0.2) is 36.7 Å². The van der Waals surface area contributed by atoms with E-state index >= 15 is 0 Å². The van der Waals surface area contributed by atoms with Gasteiger partial charge in [-0.25, -0.2) is 0 Å². The number of hydrogen-bond donors (Lipinski definition) is 1. The van der Waals surface area contributed by atoms with Crippen LogP contribution < -0.4 is 10.1 Å². The zero-order valence-electron chi connectivity index (χ0n) is 16.9. The highest BCUT2D eigenvalue weighted by atomic mass is 35.5. The molecule has 158 valence electrons. The van der Waals surface area contributed by atoms with Crippen molar-refractivity contribution >= 4 is 30.7 Å². The van der Waals surface area contributed by atoms with Crippen LogP contribution in [-0.4, -0.2) is 41.0 Å². The molecule has 5 nitrogen and oxygen atoms in total. The molecule has 1 aromatic heterocycles. The lowest BCUT2D eigenvalue weighted by Gasteiger charge is -2.25. The number of aryl methyl sites for hydroxylation is 2. The van der Waals surface area contributed by atoms with Crippen LogP contribution in [0.25, 0.3) is 0 Å². The number of halogens is 2. The Hall–Kier alpha value is -1.82. The van der Waals surface area contributed by atoms with Crippen molar-refractivity contribution in [2.45, 2.75) is 51.8 Å². The molecule has 2 aliphatic heterocycles. The molecule has 2 atom stereocenters. The number of amides is 1. The van der Waals surface area contributed by atoms with E-state index < -0.39 is 0 Å². The summed E-state index contributed by atoms with van der Waals surface area (Å²) in [6, 6.07) is 8.86. The predicted octanol–water partition coefficient (Wildman–Crippen LogP) is 4.09. The molecule has 2 unspecified atom stereocenters. The molecule has 1 amide bonds. The summed E-state index contributed by atoms with van der Waals surface area (Å²) in [5.74, 6) is 0.987. The maximum atomic E-state index is 13.1. The molecule has 1 N–H and O–H groups in total. The summed E-state index contributed by atoms with van der Waals surface area (Å²) in [7, 11) is 0. The molecule has 4 rings (SSSR count). The van der Waals surface area contributed by atoms with Gasteiger partial charge in [-0.3, -0.25) is 9.78 Å². The maximum absolute atomic E-state index is 13.1. The molecule has 1 aromatic carbocycles. The quantitative estimate of drug-likeness (QED) is 0.782. The Morgan fingerprint density at radius 2 is 1.90 bits per heavy atom. The minimum absolute atomic E-state index is 0. The second kappa shape index (κ2) is 10.3. The van der Waals surface area contributed by atoms with Gasteiger partial charge in [0.05, 0.1) is 0 Å². The van der Waals surface area contributed by atoms with Crippen molar-refractivity contribution < 1.29 is 9.53 Å². The summed E-state index contributed by atoms with van der Waals surface area (Å²) < 4.78 is 6.02. The Bertz CT molecular complexity index is 809. The molecule has 3 heterocycles. The van der Waals surface area contributed by atoms with Gasteiger partial charge in [-0.1, -0.05) is 6.07 Å². The van der Waals surface area contributed by atoms with Gasteiger partial charge in [0, 0.05) is 48.7 Å². The molecular weight excluding hydrogens is 409 g/mol. The second-order valence-electron chi connectivity index (χ2n) is 7.77. The first-order chi connectivity index (χ1) is 13.1. The zero-order valence-corrected chi connectivity index (χ0v) is 18.5. The monoisotopic (exact) mass is 437 g/mol. The summed E-state index contributed by atoms with van der Waals surface area (Å²) in [5, 5.41) is 3.63. The van der Waals surface area contributed by atoms with Gasteiger partial charge in [-0.15, -0.1) is 24.8 Å². The fourth-order valence-corrected chi connectivity index (χ4v) is 4.25. The van der Waals surface area contributed by atoms with Crippen LogP contribution >= 0.6 is 24.8 Å². The number of nitrogens with zero attached hydrogens (tertiary/aromatic N) is 2. The number of rotatable bonds is 4. The van der Waals surface area contributed by atoms with Crippen LogP contribution in [0.2, 0.25) is 0 Å². The van der Waals surface area contributed by atoms with Gasteiger partial charge in [-0.05, 0) is 62.4 Å². The molecule has 2 fully saturated rings. The molecular formula is C22H29Cl2N3O2. The van der Waals surface area contributed by atoms with Crippen LogP contribution in [0.4, 0.5) is 0 Å². The fourth-order valence-electron chi connectivity index (χ4n) is 4.25. The predicted molar refractivity (Wildman–Crippen MR) is 119 cm³/mol. The number of likely N-dealkylation sites (tertiary alicyclic amines) is 1. The summed E-state index contributed by atoms with van der Waals surface area (Å²) >= 11 is 0. The van der Waals surface area contributed by atoms with Crippen molar-refractivity contribution in [3.63, 3.8) is 0 Å². The van der Waals surface area contributed by atoms with E-state index in [1.54, 1.807) is 6.20 Å². The van der Waals surface area contributed by atoms with E-state index in [1.165, 1.54) is 12.8 Å². The average molecular weight is 438 g/mol. The number of carbonyl (C=O) groups excluding carboxylic acids is 1. The van der Waals surface area contributed by atoms with Crippen LogP contribution in [0.1, 0.15) is 46.3 Å². The molecule has 0 radical (unpaired) electrons. The largest absolute Gasteiger partial charge is 0.488 e. The van der Waals surface area contributed by atoms with Crippen molar-refractivity contribution in [1.29, 1.82) is 0 Å². The summed E-state index contributed by atoms with van der Waals surface area (Å²) in [6.45, 7) is 6.14. The van der Waals surface area contributed by atoms with Gasteiger partial charge in [0.1, 0.15) is 12.4 Å². The van der Waals surface area contributed by atoms with E-state index in [9.17, 15) is 4.79 Å². The molecule has 29 heavy (non-hydrogen) atoms. The first-order valence-electron chi connectivity index (χ1n) is 9.78. The first kappa shape index (κ1) is 23.5. The Morgan fingerprint density at radius 3 is 2.59 bits per heavy atom. The van der Waals surface area contributed by atoms with E-state index in [-0.39, 0.29) is 30.7 Å². The number of fused-ring (bicyclic) bond motifs is 2. The molecule has 2 aliphatic rings. The lowest BCUT2D eigenvalue weighted by Crippen LogP contribution is -2.39. The molecule has 7 heteroatoms. The van der Waals surface area contributed by atoms with Crippen molar-refractivity contribution in [2.24, 2.45) is 0 Å². The molecule has 0 aliphatic carbocycles. The van der Waals surface area contributed by atoms with E-state index in [4.69, 9.17) is 4.74 Å². The minimum atomic E-state index is 0. The third-order valence-electron chi connectivity index (χ3n) is 5.62. The zero-order chi connectivity index (χ0) is 18.8. The van der Waals surface area contributed by atoms with E-state index in [0.717, 1.165) is 47.5 Å². The highest BCUT2D eigenvalue weighted by Gasteiger charge is 2.31. The highest BCUT2D eigenvalue weighted by molar-refractivity contribution is 5.95. The lowest BCUT2D eigenvalue weighted by atomic mass is 10.0. The van der Waals surface area contributed by atoms with Crippen LogP contribution in [0, 0.1) is 13.8 Å². The van der Waals surface area contributed by atoms with Gasteiger partial charge < -0.3 is 15.0 Å². The molecule has 0 saturated carbocycles. The number of carbonyl (C=O) groups is 1. The highest BCUT2D eigenvalue weighted by Crippen LogP contribution is 2.27. The van der Waals surface area contributed by atoms with Gasteiger partial charge in [0.25, 0.3) is 5.91 Å². The maximum Gasteiger partial charge on any atom is 0.253 e. The SMILES string of the molecule is Cc1cc(C(=O)N2CCC3CCC(C2)N3)cc(C)c1OCc1cccnc1.Cl.Cl. The Kier molecular flexibility index (Phi) is 8.32. The van der Waals surface area contributed by atoms with Gasteiger partial charge in [0.2, 0.25) is 0 Å². The van der Waals surface area contributed by atoms with Crippen LogP contribution in [0.5, 0.6) is 5.75 Å². The lowest BCUT2D eigenvalue weighted by molar-refractivity contribution is 0.0748. The molecule has 2 bridgehead atoms. The summed E-state index contributed by atoms with van der Waals surface area (Å²) in [6.07, 6.45) is 7.03. The number of ether oxygens (including phenoxy) is 1. The van der Waals surface area contributed by atoms with Crippen LogP contribution in [-0.2, 0) is 6.61 Å². The first-order valence-corrected chi connectivity index (χ1v) is 9.78. The van der Waals surface area contributed by atoms with Crippen molar-refractivity contribution in [1.82, 2.24) is 15.2 Å². The number of benzene rings is 1. The topological polar surface area (TPSA) is 54.5 Å². The number of hydrogen-bond acceptors (Lipinski definition) is 4. The van der Waals surface area contributed by atoms with Gasteiger partial charge >= 0.3 is 0 Å². The van der Waals surface area contributed by atoms with Crippen molar-refractivity contribution in [3.05, 3.63) is 58.9 Å². The van der Waals surface area contributed by atoms with Crippen LogP contribution in [0.3, 0.4) is 0 Å². The second-order valence-corrected chi connectivity index (χ2v) is 7.77. The molecule has 2 aromatic rings. The fraction of sp³-hybridized carbons (Fsp3) is 0.455. The number of pyridine rings is 1. The third-order valence-corrected chi connectivity index (χ3v) is 5.62. The third kappa shape index (κ3) is 5.41. The minimum Gasteiger partial charge on any atom is -0.488 e. The Labute approximate surface area is 185 Å². The summed E-state index contributed by atoms with van der Waals surface area (Å²) in [5.41, 5.74) is 3.79. The van der Waals surface area contributed by atoms with Crippen molar-refractivity contribution in [3.8, 4) is 5.75 Å². The van der Waals surface area contributed by atoms with E-state index in [1.807, 2.05) is 49.2 Å². The molecule has 2 saturated heterocycles. The Balaban J connectivity index is 0.00000150. The van der Waals surface area contributed by atoms with E-state index in [2.05, 4.69) is 10.3 Å². The van der Waals surface area contributed by atoms with Gasteiger partial charge in [0.15, 0.2) is 0 Å². The standard InChI is InChI=1S/C22H27N3O2.2ClH/c1-15-10-18(22(26)25-9-7-19-5-6-20(13-25)24-19)11-16(2)21(15)27-14-17-4-3-8-23-12-17;;/h3-4,8,10-12,19-20,24H,5-7,9,13-14H2,1-2H3;2*1H. The normalized spacial score (nSPS) is 20.3. The number of aromatic nitrogens is 1.